The standard InChI is InChI=1S/C17H23NO5/c1-3-4-5-14(17(22)23)11(2)10-15(19)18-13-8-6-12(7-9-13)16(20)21/h6-9,11,14H,3-5,10H2,1-2H3,(H,18,19)(H,20,21)(H,22,23)/t11-,14+/m0/s1. The third-order valence-corrected chi connectivity index (χ3v) is 3.80. The third-order valence-electron chi connectivity index (χ3n) is 3.80. The maximum absolute atomic E-state index is 12.0. The van der Waals surface area contributed by atoms with Crippen LogP contribution in [-0.4, -0.2) is 28.1 Å². The molecule has 1 aromatic rings. The lowest BCUT2D eigenvalue weighted by atomic mass is 9.87. The molecule has 1 aromatic carbocycles. The minimum atomic E-state index is -1.03. The smallest absolute Gasteiger partial charge is 0.335 e. The van der Waals surface area contributed by atoms with E-state index in [1.807, 2.05) is 6.92 Å². The first-order chi connectivity index (χ1) is 10.8. The molecule has 0 heterocycles. The highest BCUT2D eigenvalue weighted by Gasteiger charge is 2.25. The average molecular weight is 321 g/mol. The quantitative estimate of drug-likeness (QED) is 0.648. The Morgan fingerprint density at radius 1 is 1.13 bits per heavy atom. The number of carbonyl (C=O) groups is 3. The minimum absolute atomic E-state index is 0.112. The van der Waals surface area contributed by atoms with Gasteiger partial charge in [0, 0.05) is 12.1 Å². The summed E-state index contributed by atoms with van der Waals surface area (Å²) in [5.74, 6) is -2.97. The normalized spacial score (nSPS) is 13.1. The Kier molecular flexibility index (Phi) is 7.25. The fourth-order valence-corrected chi connectivity index (χ4v) is 2.42. The fraction of sp³-hybridized carbons (Fsp3) is 0.471. The lowest BCUT2D eigenvalue weighted by molar-refractivity contribution is -0.144. The summed E-state index contributed by atoms with van der Waals surface area (Å²) in [7, 11) is 0. The van der Waals surface area contributed by atoms with E-state index in [4.69, 9.17) is 5.11 Å². The van der Waals surface area contributed by atoms with Gasteiger partial charge in [-0.25, -0.2) is 4.79 Å². The Hall–Kier alpha value is -2.37. The van der Waals surface area contributed by atoms with Gasteiger partial charge in [-0.2, -0.15) is 0 Å². The van der Waals surface area contributed by atoms with E-state index in [0.717, 1.165) is 12.8 Å². The highest BCUT2D eigenvalue weighted by molar-refractivity contribution is 5.92. The second kappa shape index (κ2) is 8.92. The number of amides is 1. The van der Waals surface area contributed by atoms with Gasteiger partial charge >= 0.3 is 11.9 Å². The molecular weight excluding hydrogens is 298 g/mol. The van der Waals surface area contributed by atoms with Crippen LogP contribution in [0.2, 0.25) is 0 Å². The number of anilines is 1. The van der Waals surface area contributed by atoms with Gasteiger partial charge in [-0.3, -0.25) is 9.59 Å². The molecule has 0 bridgehead atoms. The number of nitrogens with one attached hydrogen (secondary N) is 1. The molecule has 0 aliphatic rings. The van der Waals surface area contributed by atoms with Crippen LogP contribution in [0.4, 0.5) is 5.69 Å². The molecule has 0 aliphatic carbocycles. The lowest BCUT2D eigenvalue weighted by Crippen LogP contribution is -2.26. The summed E-state index contributed by atoms with van der Waals surface area (Å²) in [4.78, 5) is 34.1. The van der Waals surface area contributed by atoms with Gasteiger partial charge in [0.05, 0.1) is 11.5 Å². The van der Waals surface area contributed by atoms with Crippen molar-refractivity contribution in [1.29, 1.82) is 0 Å². The molecule has 0 saturated carbocycles. The van der Waals surface area contributed by atoms with E-state index in [1.165, 1.54) is 24.3 Å². The predicted molar refractivity (Wildman–Crippen MR) is 86.5 cm³/mol. The topological polar surface area (TPSA) is 104 Å². The molecule has 0 fully saturated rings. The number of hydrogen-bond acceptors (Lipinski definition) is 3. The second-order valence-corrected chi connectivity index (χ2v) is 5.70. The Balaban J connectivity index is 2.60. The summed E-state index contributed by atoms with van der Waals surface area (Å²) < 4.78 is 0. The lowest BCUT2D eigenvalue weighted by Gasteiger charge is -2.19. The molecule has 0 aliphatic heterocycles. The van der Waals surface area contributed by atoms with Gasteiger partial charge in [0.2, 0.25) is 5.91 Å². The van der Waals surface area contributed by atoms with Crippen molar-refractivity contribution in [3.05, 3.63) is 29.8 Å². The molecule has 6 nitrogen and oxygen atoms in total. The minimum Gasteiger partial charge on any atom is -0.481 e. The summed E-state index contributed by atoms with van der Waals surface area (Å²) in [5, 5.41) is 20.7. The number of carboxylic acid groups (broad SMARTS) is 2. The van der Waals surface area contributed by atoms with Crippen molar-refractivity contribution in [2.45, 2.75) is 39.5 Å². The number of rotatable bonds is 9. The van der Waals surface area contributed by atoms with Crippen molar-refractivity contribution in [1.82, 2.24) is 0 Å². The van der Waals surface area contributed by atoms with Crippen LogP contribution in [0.15, 0.2) is 24.3 Å². The first-order valence-electron chi connectivity index (χ1n) is 7.71. The zero-order valence-electron chi connectivity index (χ0n) is 13.4. The van der Waals surface area contributed by atoms with Crippen LogP contribution in [0, 0.1) is 11.8 Å². The number of aromatic carboxylic acids is 1. The maximum Gasteiger partial charge on any atom is 0.335 e. The van der Waals surface area contributed by atoms with Gasteiger partial charge < -0.3 is 15.5 Å². The SMILES string of the molecule is CCCC[C@@H](C(=O)O)[C@@H](C)CC(=O)Nc1ccc(C(=O)O)cc1. The van der Waals surface area contributed by atoms with Gasteiger partial charge in [0.25, 0.3) is 0 Å². The molecule has 23 heavy (non-hydrogen) atoms. The number of carboxylic acids is 2. The van der Waals surface area contributed by atoms with Gasteiger partial charge in [-0.15, -0.1) is 0 Å². The summed E-state index contributed by atoms with van der Waals surface area (Å²) >= 11 is 0. The Labute approximate surface area is 135 Å². The van der Waals surface area contributed by atoms with Crippen LogP contribution >= 0.6 is 0 Å². The van der Waals surface area contributed by atoms with Crippen LogP contribution in [0.25, 0.3) is 0 Å². The molecule has 1 rings (SSSR count). The van der Waals surface area contributed by atoms with Crippen LogP contribution in [0.5, 0.6) is 0 Å². The monoisotopic (exact) mass is 321 g/mol. The molecule has 2 atom stereocenters. The first kappa shape index (κ1) is 18.7. The number of unbranched alkanes of at least 4 members (excludes halogenated alkanes) is 1. The van der Waals surface area contributed by atoms with Crippen LogP contribution in [0.3, 0.4) is 0 Å². The zero-order chi connectivity index (χ0) is 17.4. The van der Waals surface area contributed by atoms with Crippen molar-refractivity contribution in [2.75, 3.05) is 5.32 Å². The van der Waals surface area contributed by atoms with E-state index in [9.17, 15) is 19.5 Å². The number of aliphatic carboxylic acids is 1. The third kappa shape index (κ3) is 6.10. The van der Waals surface area contributed by atoms with E-state index < -0.39 is 17.9 Å². The van der Waals surface area contributed by atoms with E-state index in [0.29, 0.717) is 12.1 Å². The Morgan fingerprint density at radius 2 is 1.74 bits per heavy atom. The number of carbonyl (C=O) groups excluding carboxylic acids is 1. The molecule has 0 saturated heterocycles. The van der Waals surface area contributed by atoms with Gasteiger partial charge in [0.15, 0.2) is 0 Å². The Morgan fingerprint density at radius 3 is 2.22 bits per heavy atom. The summed E-state index contributed by atoms with van der Waals surface area (Å²) in [5.41, 5.74) is 0.634. The highest BCUT2D eigenvalue weighted by atomic mass is 16.4. The first-order valence-corrected chi connectivity index (χ1v) is 7.71. The summed E-state index contributed by atoms with van der Waals surface area (Å²) in [6.07, 6.45) is 2.41. The zero-order valence-corrected chi connectivity index (χ0v) is 13.4. The average Bonchev–Trinajstić information content (AvgIpc) is 2.47. The van der Waals surface area contributed by atoms with Crippen molar-refractivity contribution in [3.63, 3.8) is 0 Å². The van der Waals surface area contributed by atoms with E-state index in [-0.39, 0.29) is 23.8 Å². The highest BCUT2D eigenvalue weighted by Crippen LogP contribution is 2.22. The van der Waals surface area contributed by atoms with Crippen molar-refractivity contribution in [3.8, 4) is 0 Å². The van der Waals surface area contributed by atoms with Crippen LogP contribution in [-0.2, 0) is 9.59 Å². The fourth-order valence-electron chi connectivity index (χ4n) is 2.42. The molecule has 3 N–H and O–H groups in total. The van der Waals surface area contributed by atoms with Gasteiger partial charge in [-0.05, 0) is 36.6 Å². The molecule has 126 valence electrons. The molecule has 0 radical (unpaired) electrons. The van der Waals surface area contributed by atoms with E-state index in [1.54, 1.807) is 6.92 Å². The van der Waals surface area contributed by atoms with E-state index in [2.05, 4.69) is 5.32 Å². The van der Waals surface area contributed by atoms with Gasteiger partial charge in [0.1, 0.15) is 0 Å². The molecule has 1 amide bonds. The van der Waals surface area contributed by atoms with Crippen LogP contribution < -0.4 is 5.32 Å². The second-order valence-electron chi connectivity index (χ2n) is 5.70. The largest absolute Gasteiger partial charge is 0.481 e. The molecule has 6 heteroatoms. The maximum atomic E-state index is 12.0. The predicted octanol–water partition coefficient (Wildman–Crippen LogP) is 3.24. The molecule has 0 aromatic heterocycles. The van der Waals surface area contributed by atoms with Crippen molar-refractivity contribution in [2.24, 2.45) is 11.8 Å². The molecule has 0 unspecified atom stereocenters. The Bertz CT molecular complexity index is 553. The van der Waals surface area contributed by atoms with Gasteiger partial charge in [-0.1, -0.05) is 26.7 Å². The molecular formula is C17H23NO5. The number of benzene rings is 1. The number of hydrogen-bond donors (Lipinski definition) is 3. The summed E-state index contributed by atoms with van der Waals surface area (Å²) in [6, 6.07) is 5.83. The molecule has 0 spiro atoms. The van der Waals surface area contributed by atoms with Crippen molar-refractivity contribution < 1.29 is 24.6 Å². The van der Waals surface area contributed by atoms with E-state index >= 15 is 0 Å². The van der Waals surface area contributed by atoms with Crippen LogP contribution in [0.1, 0.15) is 49.9 Å². The van der Waals surface area contributed by atoms with Crippen molar-refractivity contribution >= 4 is 23.5 Å². The summed E-state index contributed by atoms with van der Waals surface area (Å²) in [6.45, 7) is 3.76.